The number of nitrogens with one attached hydrogen (secondary N) is 1. The highest BCUT2D eigenvalue weighted by Crippen LogP contribution is 2.29. The molecular formula is C15H18F3NO3. The van der Waals surface area contributed by atoms with Crippen LogP contribution in [0.5, 0.6) is 0 Å². The Morgan fingerprint density at radius 3 is 2.14 bits per heavy atom. The molecule has 0 saturated heterocycles. The van der Waals surface area contributed by atoms with Gasteiger partial charge in [-0.3, -0.25) is 9.59 Å². The standard InChI is InChI=1S/C15H18F3NO3/c1-3-14(2,9-13(21)22)19-12(20)8-10-4-6-11(7-5-10)15(16,17)18/h4-7H,3,8-9H2,1-2H3,(H,19,20)(H,21,22)/t14-/m0/s1. The van der Waals surface area contributed by atoms with Crippen LogP contribution in [0, 0.1) is 0 Å². The third kappa shape index (κ3) is 5.38. The number of carboxylic acid groups (broad SMARTS) is 1. The second-order valence-electron chi connectivity index (χ2n) is 5.40. The normalized spacial score (nSPS) is 14.2. The van der Waals surface area contributed by atoms with Crippen molar-refractivity contribution in [2.45, 2.75) is 44.8 Å². The smallest absolute Gasteiger partial charge is 0.416 e. The van der Waals surface area contributed by atoms with E-state index in [1.54, 1.807) is 13.8 Å². The molecular weight excluding hydrogens is 299 g/mol. The molecule has 0 spiro atoms. The van der Waals surface area contributed by atoms with Gasteiger partial charge in [0.15, 0.2) is 0 Å². The van der Waals surface area contributed by atoms with E-state index in [1.165, 1.54) is 12.1 Å². The van der Waals surface area contributed by atoms with E-state index in [0.717, 1.165) is 12.1 Å². The molecule has 2 N–H and O–H groups in total. The molecule has 7 heteroatoms. The average molecular weight is 317 g/mol. The predicted octanol–water partition coefficient (Wildman–Crippen LogP) is 3.01. The predicted molar refractivity (Wildman–Crippen MR) is 74.2 cm³/mol. The zero-order valence-corrected chi connectivity index (χ0v) is 12.3. The molecule has 0 unspecified atom stereocenters. The first-order valence-electron chi connectivity index (χ1n) is 6.75. The van der Waals surface area contributed by atoms with Crippen LogP contribution in [0.4, 0.5) is 13.2 Å². The Hall–Kier alpha value is -2.05. The van der Waals surface area contributed by atoms with Crippen molar-refractivity contribution < 1.29 is 27.9 Å². The summed E-state index contributed by atoms with van der Waals surface area (Å²) < 4.78 is 37.3. The first kappa shape index (κ1) is 18.0. The molecule has 1 atom stereocenters. The van der Waals surface area contributed by atoms with Crippen molar-refractivity contribution in [2.24, 2.45) is 0 Å². The van der Waals surface area contributed by atoms with E-state index in [-0.39, 0.29) is 12.8 Å². The van der Waals surface area contributed by atoms with Crippen LogP contribution in [0.25, 0.3) is 0 Å². The molecule has 0 fully saturated rings. The Balaban J connectivity index is 2.70. The van der Waals surface area contributed by atoms with Crippen LogP contribution >= 0.6 is 0 Å². The van der Waals surface area contributed by atoms with Crippen LogP contribution in [0.15, 0.2) is 24.3 Å². The monoisotopic (exact) mass is 317 g/mol. The highest BCUT2D eigenvalue weighted by atomic mass is 19.4. The van der Waals surface area contributed by atoms with Gasteiger partial charge in [-0.1, -0.05) is 19.1 Å². The van der Waals surface area contributed by atoms with Gasteiger partial charge < -0.3 is 10.4 Å². The number of carbonyl (C=O) groups is 2. The molecule has 1 rings (SSSR count). The fourth-order valence-corrected chi connectivity index (χ4v) is 1.97. The lowest BCUT2D eigenvalue weighted by Crippen LogP contribution is -2.47. The summed E-state index contributed by atoms with van der Waals surface area (Å²) in [6.45, 7) is 3.37. The molecule has 122 valence electrons. The number of alkyl halides is 3. The summed E-state index contributed by atoms with van der Waals surface area (Å²) in [5, 5.41) is 11.5. The maximum absolute atomic E-state index is 12.4. The number of rotatable bonds is 6. The van der Waals surface area contributed by atoms with Crippen LogP contribution in [-0.4, -0.2) is 22.5 Å². The average Bonchev–Trinajstić information content (AvgIpc) is 2.37. The first-order valence-corrected chi connectivity index (χ1v) is 6.75. The maximum Gasteiger partial charge on any atom is 0.416 e. The van der Waals surface area contributed by atoms with Gasteiger partial charge in [0.05, 0.1) is 18.4 Å². The molecule has 0 aliphatic heterocycles. The van der Waals surface area contributed by atoms with Crippen molar-refractivity contribution in [3.63, 3.8) is 0 Å². The number of amides is 1. The van der Waals surface area contributed by atoms with Crippen LogP contribution in [0.2, 0.25) is 0 Å². The van der Waals surface area contributed by atoms with Crippen molar-refractivity contribution in [2.75, 3.05) is 0 Å². The van der Waals surface area contributed by atoms with Gasteiger partial charge in [0.25, 0.3) is 0 Å². The molecule has 0 aliphatic rings. The van der Waals surface area contributed by atoms with Gasteiger partial charge in [0.2, 0.25) is 5.91 Å². The Morgan fingerprint density at radius 1 is 1.18 bits per heavy atom. The molecule has 0 radical (unpaired) electrons. The quantitative estimate of drug-likeness (QED) is 0.847. The number of hydrogen-bond donors (Lipinski definition) is 2. The zero-order chi connectivity index (χ0) is 17.0. The highest BCUT2D eigenvalue weighted by Gasteiger charge is 2.30. The van der Waals surface area contributed by atoms with E-state index in [0.29, 0.717) is 12.0 Å². The highest BCUT2D eigenvalue weighted by molar-refractivity contribution is 5.80. The van der Waals surface area contributed by atoms with Crippen LogP contribution < -0.4 is 5.32 Å². The Labute approximate surface area is 126 Å². The first-order chi connectivity index (χ1) is 10.1. The van der Waals surface area contributed by atoms with Crippen LogP contribution in [0.3, 0.4) is 0 Å². The van der Waals surface area contributed by atoms with Crippen molar-refractivity contribution in [3.8, 4) is 0 Å². The molecule has 1 aromatic rings. The minimum Gasteiger partial charge on any atom is -0.481 e. The summed E-state index contributed by atoms with van der Waals surface area (Å²) in [4.78, 5) is 22.7. The van der Waals surface area contributed by atoms with Crippen molar-refractivity contribution in [1.82, 2.24) is 5.32 Å². The molecule has 1 aromatic carbocycles. The molecule has 0 saturated carbocycles. The summed E-state index contributed by atoms with van der Waals surface area (Å²) >= 11 is 0. The number of carboxylic acids is 1. The lowest BCUT2D eigenvalue weighted by molar-refractivity contribution is -0.139. The van der Waals surface area contributed by atoms with Crippen LogP contribution in [0.1, 0.15) is 37.8 Å². The Kier molecular flexibility index (Phi) is 5.57. The molecule has 0 aliphatic carbocycles. The van der Waals surface area contributed by atoms with Gasteiger partial charge >= 0.3 is 12.1 Å². The summed E-state index contributed by atoms with van der Waals surface area (Å²) in [5.74, 6) is -1.45. The molecule has 1 amide bonds. The number of carbonyl (C=O) groups excluding carboxylic acids is 1. The van der Waals surface area contributed by atoms with Crippen LogP contribution in [-0.2, 0) is 22.2 Å². The van der Waals surface area contributed by atoms with Gasteiger partial charge in [-0.15, -0.1) is 0 Å². The van der Waals surface area contributed by atoms with E-state index < -0.39 is 29.2 Å². The van der Waals surface area contributed by atoms with Crippen molar-refractivity contribution in [1.29, 1.82) is 0 Å². The SMILES string of the molecule is CC[C@@](C)(CC(=O)O)NC(=O)Cc1ccc(C(F)(F)F)cc1. The summed E-state index contributed by atoms with van der Waals surface area (Å²) in [6, 6.07) is 4.31. The number of aliphatic carboxylic acids is 1. The molecule has 22 heavy (non-hydrogen) atoms. The summed E-state index contributed by atoms with van der Waals surface area (Å²) in [7, 11) is 0. The Morgan fingerprint density at radius 2 is 1.73 bits per heavy atom. The lowest BCUT2D eigenvalue weighted by Gasteiger charge is -2.28. The third-order valence-corrected chi connectivity index (χ3v) is 3.41. The van der Waals surface area contributed by atoms with E-state index in [4.69, 9.17) is 5.11 Å². The summed E-state index contributed by atoms with van der Waals surface area (Å²) in [6.07, 6.45) is -4.31. The molecule has 4 nitrogen and oxygen atoms in total. The largest absolute Gasteiger partial charge is 0.481 e. The van der Waals surface area contributed by atoms with Gasteiger partial charge in [0.1, 0.15) is 0 Å². The van der Waals surface area contributed by atoms with Crippen molar-refractivity contribution in [3.05, 3.63) is 35.4 Å². The minimum absolute atomic E-state index is 0.104. The van der Waals surface area contributed by atoms with E-state index in [1.807, 2.05) is 0 Å². The Bertz CT molecular complexity index is 540. The minimum atomic E-state index is -4.41. The number of halogens is 3. The van der Waals surface area contributed by atoms with Gasteiger partial charge in [-0.05, 0) is 31.0 Å². The molecule has 0 aromatic heterocycles. The van der Waals surface area contributed by atoms with Crippen molar-refractivity contribution >= 4 is 11.9 Å². The van der Waals surface area contributed by atoms with Gasteiger partial charge in [-0.25, -0.2) is 0 Å². The third-order valence-electron chi connectivity index (χ3n) is 3.41. The fourth-order valence-electron chi connectivity index (χ4n) is 1.97. The second-order valence-corrected chi connectivity index (χ2v) is 5.40. The van der Waals surface area contributed by atoms with E-state index in [9.17, 15) is 22.8 Å². The summed E-state index contributed by atoms with van der Waals surface area (Å²) in [5.41, 5.74) is -1.23. The molecule has 0 bridgehead atoms. The van der Waals surface area contributed by atoms with E-state index >= 15 is 0 Å². The van der Waals surface area contributed by atoms with Gasteiger partial charge in [-0.2, -0.15) is 13.2 Å². The van der Waals surface area contributed by atoms with Gasteiger partial charge in [0, 0.05) is 5.54 Å². The second kappa shape index (κ2) is 6.81. The number of benzene rings is 1. The maximum atomic E-state index is 12.4. The molecule has 0 heterocycles. The fraction of sp³-hybridized carbons (Fsp3) is 0.467. The lowest BCUT2D eigenvalue weighted by atomic mass is 9.94. The zero-order valence-electron chi connectivity index (χ0n) is 12.3. The number of hydrogen-bond acceptors (Lipinski definition) is 2. The van der Waals surface area contributed by atoms with E-state index in [2.05, 4.69) is 5.32 Å². The topological polar surface area (TPSA) is 66.4 Å².